The highest BCUT2D eigenvalue weighted by Crippen LogP contribution is 2.20. The molecule has 1 aromatic rings. The third-order valence-electron chi connectivity index (χ3n) is 1.85. The Balaban J connectivity index is 0.00000196. The highest BCUT2D eigenvalue weighted by molar-refractivity contribution is 6.31. The van der Waals surface area contributed by atoms with Crippen LogP contribution in [0.1, 0.15) is 12.0 Å². The SMILES string of the molecule is Cc1ccc(Cl)cc1NC(=O)CCN.Cl. The average molecular weight is 249 g/mol. The first-order chi connectivity index (χ1) is 6.63. The summed E-state index contributed by atoms with van der Waals surface area (Å²) in [5, 5.41) is 3.36. The van der Waals surface area contributed by atoms with E-state index >= 15 is 0 Å². The number of aryl methyl sites for hydroxylation is 1. The standard InChI is InChI=1S/C10H13ClN2O.ClH/c1-7-2-3-8(11)6-9(7)13-10(14)4-5-12;/h2-3,6H,4-5,12H2,1H3,(H,13,14);1H. The minimum atomic E-state index is -0.0853. The molecule has 0 fully saturated rings. The van der Waals surface area contributed by atoms with E-state index in [9.17, 15) is 4.79 Å². The molecule has 0 unspecified atom stereocenters. The van der Waals surface area contributed by atoms with Gasteiger partial charge in [-0.3, -0.25) is 4.79 Å². The Hall–Kier alpha value is -0.770. The van der Waals surface area contributed by atoms with E-state index in [1.165, 1.54) is 0 Å². The Morgan fingerprint density at radius 1 is 1.53 bits per heavy atom. The van der Waals surface area contributed by atoms with E-state index in [1.54, 1.807) is 12.1 Å². The third kappa shape index (κ3) is 4.51. The molecule has 3 N–H and O–H groups in total. The molecule has 0 saturated heterocycles. The van der Waals surface area contributed by atoms with E-state index in [0.717, 1.165) is 11.3 Å². The van der Waals surface area contributed by atoms with Crippen LogP contribution in [0.15, 0.2) is 18.2 Å². The minimum Gasteiger partial charge on any atom is -0.330 e. The van der Waals surface area contributed by atoms with Crippen LogP contribution in [0.3, 0.4) is 0 Å². The van der Waals surface area contributed by atoms with Gasteiger partial charge in [0.25, 0.3) is 0 Å². The first-order valence-electron chi connectivity index (χ1n) is 4.39. The lowest BCUT2D eigenvalue weighted by atomic mass is 10.2. The topological polar surface area (TPSA) is 55.1 Å². The second kappa shape index (κ2) is 6.67. The maximum atomic E-state index is 11.2. The molecule has 0 radical (unpaired) electrons. The van der Waals surface area contributed by atoms with Crippen LogP contribution in [-0.4, -0.2) is 12.5 Å². The van der Waals surface area contributed by atoms with Crippen LogP contribution in [-0.2, 0) is 4.79 Å². The third-order valence-corrected chi connectivity index (χ3v) is 2.08. The number of rotatable bonds is 3. The van der Waals surface area contributed by atoms with Gasteiger partial charge >= 0.3 is 0 Å². The summed E-state index contributed by atoms with van der Waals surface area (Å²) in [5.41, 5.74) is 7.00. The number of hydrogen-bond acceptors (Lipinski definition) is 2. The lowest BCUT2D eigenvalue weighted by Gasteiger charge is -2.07. The van der Waals surface area contributed by atoms with Crippen molar-refractivity contribution < 1.29 is 4.79 Å². The molecule has 84 valence electrons. The van der Waals surface area contributed by atoms with Gasteiger partial charge in [0, 0.05) is 23.7 Å². The normalized spacial score (nSPS) is 9.27. The van der Waals surface area contributed by atoms with Gasteiger partial charge in [-0.2, -0.15) is 0 Å². The molecule has 1 aromatic carbocycles. The zero-order valence-corrected chi connectivity index (χ0v) is 9.99. The average Bonchev–Trinajstić information content (AvgIpc) is 2.12. The van der Waals surface area contributed by atoms with E-state index in [-0.39, 0.29) is 18.3 Å². The van der Waals surface area contributed by atoms with Crippen molar-refractivity contribution in [3.63, 3.8) is 0 Å². The summed E-state index contributed by atoms with van der Waals surface area (Å²) in [5.74, 6) is -0.0853. The lowest BCUT2D eigenvalue weighted by Crippen LogP contribution is -2.16. The summed E-state index contributed by atoms with van der Waals surface area (Å²) in [6.45, 7) is 2.26. The molecule has 0 aliphatic carbocycles. The molecular weight excluding hydrogens is 235 g/mol. The maximum absolute atomic E-state index is 11.2. The quantitative estimate of drug-likeness (QED) is 0.863. The predicted octanol–water partition coefficient (Wildman–Crippen LogP) is 2.36. The molecule has 0 aromatic heterocycles. The summed E-state index contributed by atoms with van der Waals surface area (Å²) in [6, 6.07) is 5.38. The molecule has 3 nitrogen and oxygen atoms in total. The Labute approximate surface area is 100 Å². The first kappa shape index (κ1) is 14.2. The fraction of sp³-hybridized carbons (Fsp3) is 0.300. The van der Waals surface area contributed by atoms with E-state index in [0.29, 0.717) is 18.0 Å². The van der Waals surface area contributed by atoms with Crippen LogP contribution in [0, 0.1) is 6.92 Å². The van der Waals surface area contributed by atoms with Crippen LogP contribution in [0.4, 0.5) is 5.69 Å². The van der Waals surface area contributed by atoms with Gasteiger partial charge < -0.3 is 11.1 Å². The van der Waals surface area contributed by atoms with Gasteiger partial charge in [-0.05, 0) is 24.6 Å². The van der Waals surface area contributed by atoms with Gasteiger partial charge in [-0.15, -0.1) is 12.4 Å². The van der Waals surface area contributed by atoms with E-state index in [2.05, 4.69) is 5.32 Å². The van der Waals surface area contributed by atoms with Gasteiger partial charge in [-0.25, -0.2) is 0 Å². The molecule has 0 bridgehead atoms. The van der Waals surface area contributed by atoms with Crippen molar-refractivity contribution in [3.05, 3.63) is 28.8 Å². The van der Waals surface area contributed by atoms with Crippen molar-refractivity contribution in [1.82, 2.24) is 0 Å². The van der Waals surface area contributed by atoms with E-state index < -0.39 is 0 Å². The van der Waals surface area contributed by atoms with Crippen LogP contribution in [0.5, 0.6) is 0 Å². The molecular formula is C10H14Cl2N2O. The first-order valence-corrected chi connectivity index (χ1v) is 4.77. The van der Waals surface area contributed by atoms with Crippen molar-refractivity contribution in [1.29, 1.82) is 0 Å². The second-order valence-corrected chi connectivity index (χ2v) is 3.48. The second-order valence-electron chi connectivity index (χ2n) is 3.05. The number of nitrogens with one attached hydrogen (secondary N) is 1. The van der Waals surface area contributed by atoms with Crippen molar-refractivity contribution in [2.24, 2.45) is 5.73 Å². The number of benzene rings is 1. The highest BCUT2D eigenvalue weighted by atomic mass is 35.5. The summed E-state index contributed by atoms with van der Waals surface area (Å²) in [6.07, 6.45) is 0.325. The largest absolute Gasteiger partial charge is 0.330 e. The van der Waals surface area contributed by atoms with Gasteiger partial charge in [0.2, 0.25) is 5.91 Å². The Kier molecular flexibility index (Phi) is 6.32. The molecule has 0 aliphatic heterocycles. The van der Waals surface area contributed by atoms with Crippen molar-refractivity contribution in [2.45, 2.75) is 13.3 Å². The number of carbonyl (C=O) groups excluding carboxylic acids is 1. The zero-order valence-electron chi connectivity index (χ0n) is 8.42. The van der Waals surface area contributed by atoms with Crippen molar-refractivity contribution in [3.8, 4) is 0 Å². The molecule has 1 amide bonds. The predicted molar refractivity (Wildman–Crippen MR) is 65.7 cm³/mol. The summed E-state index contributed by atoms with van der Waals surface area (Å²) in [7, 11) is 0. The van der Waals surface area contributed by atoms with E-state index in [4.69, 9.17) is 17.3 Å². The molecule has 0 aliphatic rings. The monoisotopic (exact) mass is 248 g/mol. The van der Waals surface area contributed by atoms with Crippen molar-refractivity contribution in [2.75, 3.05) is 11.9 Å². The van der Waals surface area contributed by atoms with Crippen LogP contribution in [0.25, 0.3) is 0 Å². The van der Waals surface area contributed by atoms with Gasteiger partial charge in [-0.1, -0.05) is 17.7 Å². The van der Waals surface area contributed by atoms with Gasteiger partial charge in [0.15, 0.2) is 0 Å². The molecule has 0 saturated carbocycles. The van der Waals surface area contributed by atoms with Crippen LogP contribution < -0.4 is 11.1 Å². The summed E-state index contributed by atoms with van der Waals surface area (Å²) >= 11 is 5.80. The molecule has 0 spiro atoms. The fourth-order valence-electron chi connectivity index (χ4n) is 1.07. The number of amides is 1. The highest BCUT2D eigenvalue weighted by Gasteiger charge is 2.03. The summed E-state index contributed by atoms with van der Waals surface area (Å²) in [4.78, 5) is 11.2. The number of nitrogens with two attached hydrogens (primary N) is 1. The number of hydrogen-bond donors (Lipinski definition) is 2. The smallest absolute Gasteiger partial charge is 0.225 e. The lowest BCUT2D eigenvalue weighted by molar-refractivity contribution is -0.116. The Morgan fingerprint density at radius 2 is 2.20 bits per heavy atom. The number of carbonyl (C=O) groups is 1. The molecule has 15 heavy (non-hydrogen) atoms. The maximum Gasteiger partial charge on any atom is 0.225 e. The van der Waals surface area contributed by atoms with Crippen LogP contribution >= 0.6 is 24.0 Å². The summed E-state index contributed by atoms with van der Waals surface area (Å²) < 4.78 is 0. The van der Waals surface area contributed by atoms with Crippen molar-refractivity contribution >= 4 is 35.6 Å². The number of anilines is 1. The van der Waals surface area contributed by atoms with Gasteiger partial charge in [0.1, 0.15) is 0 Å². The Bertz CT molecular complexity index is 342. The molecule has 1 rings (SSSR count). The minimum absolute atomic E-state index is 0. The fourth-order valence-corrected chi connectivity index (χ4v) is 1.24. The molecule has 0 atom stereocenters. The van der Waals surface area contributed by atoms with Crippen LogP contribution in [0.2, 0.25) is 5.02 Å². The van der Waals surface area contributed by atoms with Gasteiger partial charge in [0.05, 0.1) is 0 Å². The molecule has 0 heterocycles. The zero-order chi connectivity index (χ0) is 10.6. The number of halogens is 2. The molecule has 5 heteroatoms. The Morgan fingerprint density at radius 3 is 2.80 bits per heavy atom. The van der Waals surface area contributed by atoms with E-state index in [1.807, 2.05) is 13.0 Å².